The van der Waals surface area contributed by atoms with Crippen molar-refractivity contribution in [3.8, 4) is 0 Å². The first-order valence-corrected chi connectivity index (χ1v) is 7.28. The van der Waals surface area contributed by atoms with E-state index in [1.54, 1.807) is 6.07 Å². The summed E-state index contributed by atoms with van der Waals surface area (Å²) in [5, 5.41) is 7.65. The molecular weight excluding hydrogens is 255 g/mol. The second kappa shape index (κ2) is 5.40. The van der Waals surface area contributed by atoms with Crippen LogP contribution < -0.4 is 10.6 Å². The number of nitrogens with two attached hydrogens (primary N) is 1. The molecule has 0 amide bonds. The van der Waals surface area contributed by atoms with Gasteiger partial charge in [-0.1, -0.05) is 6.42 Å². The maximum Gasteiger partial charge on any atom is 0.125 e. The van der Waals surface area contributed by atoms with Crippen LogP contribution in [0.4, 0.5) is 10.1 Å². The number of nitrogen functional groups attached to an aromatic ring is 1. The standard InChI is InChI=1S/C15H21FN4/c16-11-4-5-14(13(9-11)15(17)18)20-8-7-19-6-2-1-3-12(19)10-20/h4-5,9,12H,1-3,6-8,10H2,(H3,17,18). The second-order valence-corrected chi connectivity index (χ2v) is 5.71. The van der Waals surface area contributed by atoms with Crippen LogP contribution in [-0.4, -0.2) is 43.0 Å². The fourth-order valence-corrected chi connectivity index (χ4v) is 3.37. The molecule has 5 heteroatoms. The van der Waals surface area contributed by atoms with E-state index in [1.165, 1.54) is 37.9 Å². The van der Waals surface area contributed by atoms with E-state index in [0.29, 0.717) is 11.6 Å². The third-order valence-corrected chi connectivity index (χ3v) is 4.43. The number of fused-ring (bicyclic) bond motifs is 1. The molecule has 2 heterocycles. The molecule has 2 fully saturated rings. The minimum absolute atomic E-state index is 0.0643. The molecule has 1 aromatic carbocycles. The maximum absolute atomic E-state index is 13.4. The molecule has 1 unspecified atom stereocenters. The molecule has 0 aromatic heterocycles. The lowest BCUT2D eigenvalue weighted by Crippen LogP contribution is -2.55. The van der Waals surface area contributed by atoms with Crippen LogP contribution in [0.2, 0.25) is 0 Å². The maximum atomic E-state index is 13.4. The summed E-state index contributed by atoms with van der Waals surface area (Å²) in [6.45, 7) is 4.11. The van der Waals surface area contributed by atoms with Crippen LogP contribution in [0.5, 0.6) is 0 Å². The number of hydrogen-bond donors (Lipinski definition) is 2. The van der Waals surface area contributed by atoms with Crippen molar-refractivity contribution < 1.29 is 4.39 Å². The lowest BCUT2D eigenvalue weighted by molar-refractivity contribution is 0.133. The zero-order valence-electron chi connectivity index (χ0n) is 11.6. The third-order valence-electron chi connectivity index (χ3n) is 4.43. The van der Waals surface area contributed by atoms with Crippen molar-refractivity contribution >= 4 is 11.5 Å². The smallest absolute Gasteiger partial charge is 0.125 e. The quantitative estimate of drug-likeness (QED) is 0.639. The lowest BCUT2D eigenvalue weighted by Gasteiger charge is -2.45. The van der Waals surface area contributed by atoms with Gasteiger partial charge in [0.15, 0.2) is 0 Å². The van der Waals surface area contributed by atoms with E-state index < -0.39 is 0 Å². The number of nitrogens with zero attached hydrogens (tertiary/aromatic N) is 2. The molecule has 20 heavy (non-hydrogen) atoms. The Labute approximate surface area is 118 Å². The van der Waals surface area contributed by atoms with Gasteiger partial charge in [-0.2, -0.15) is 0 Å². The van der Waals surface area contributed by atoms with Crippen molar-refractivity contribution in [2.45, 2.75) is 25.3 Å². The van der Waals surface area contributed by atoms with Crippen LogP contribution >= 0.6 is 0 Å². The fraction of sp³-hybridized carbons (Fsp3) is 0.533. The number of benzene rings is 1. The molecule has 2 saturated heterocycles. The summed E-state index contributed by atoms with van der Waals surface area (Å²) in [6.07, 6.45) is 3.82. The molecule has 0 saturated carbocycles. The van der Waals surface area contributed by atoms with Crippen LogP contribution in [0.3, 0.4) is 0 Å². The number of piperazine rings is 1. The van der Waals surface area contributed by atoms with Gasteiger partial charge >= 0.3 is 0 Å². The second-order valence-electron chi connectivity index (χ2n) is 5.71. The summed E-state index contributed by atoms with van der Waals surface area (Å²) in [5.41, 5.74) is 7.00. The molecule has 2 aliphatic rings. The monoisotopic (exact) mass is 276 g/mol. The van der Waals surface area contributed by atoms with Crippen molar-refractivity contribution in [1.29, 1.82) is 5.41 Å². The summed E-state index contributed by atoms with van der Waals surface area (Å²) >= 11 is 0. The van der Waals surface area contributed by atoms with Gasteiger partial charge in [-0.05, 0) is 37.6 Å². The molecule has 0 spiro atoms. The summed E-state index contributed by atoms with van der Waals surface area (Å²) in [4.78, 5) is 4.81. The van der Waals surface area contributed by atoms with Crippen LogP contribution in [0.1, 0.15) is 24.8 Å². The number of hydrogen-bond acceptors (Lipinski definition) is 3. The first-order valence-electron chi connectivity index (χ1n) is 7.28. The number of piperidine rings is 1. The Morgan fingerprint density at radius 1 is 1.25 bits per heavy atom. The fourth-order valence-electron chi connectivity index (χ4n) is 3.37. The molecule has 0 aliphatic carbocycles. The molecule has 1 atom stereocenters. The van der Waals surface area contributed by atoms with E-state index in [4.69, 9.17) is 11.1 Å². The van der Waals surface area contributed by atoms with Gasteiger partial charge in [-0.3, -0.25) is 10.3 Å². The van der Waals surface area contributed by atoms with Gasteiger partial charge in [0, 0.05) is 36.9 Å². The Morgan fingerprint density at radius 2 is 2.10 bits per heavy atom. The molecule has 4 nitrogen and oxygen atoms in total. The summed E-state index contributed by atoms with van der Waals surface area (Å²) in [6, 6.07) is 5.16. The van der Waals surface area contributed by atoms with Crippen molar-refractivity contribution in [2.24, 2.45) is 5.73 Å². The van der Waals surface area contributed by atoms with Gasteiger partial charge in [0.2, 0.25) is 0 Å². The average molecular weight is 276 g/mol. The topological polar surface area (TPSA) is 56.4 Å². The normalized spacial score (nSPS) is 23.4. The van der Waals surface area contributed by atoms with Crippen molar-refractivity contribution in [1.82, 2.24) is 4.90 Å². The molecule has 1 aromatic rings. The Hall–Kier alpha value is -1.62. The molecule has 0 radical (unpaired) electrons. The summed E-state index contributed by atoms with van der Waals surface area (Å²) in [5.74, 6) is -0.402. The Bertz CT molecular complexity index is 517. The van der Waals surface area contributed by atoms with Gasteiger partial charge < -0.3 is 10.6 Å². The highest BCUT2D eigenvalue weighted by atomic mass is 19.1. The van der Waals surface area contributed by atoms with E-state index in [0.717, 1.165) is 25.3 Å². The highest BCUT2D eigenvalue weighted by molar-refractivity contribution is 6.00. The Balaban J connectivity index is 1.84. The van der Waals surface area contributed by atoms with E-state index in [9.17, 15) is 4.39 Å². The molecule has 3 rings (SSSR count). The number of halogens is 1. The predicted molar refractivity (Wildman–Crippen MR) is 78.8 cm³/mol. The SMILES string of the molecule is N=C(N)c1cc(F)ccc1N1CCN2CCCCC2C1. The number of anilines is 1. The van der Waals surface area contributed by atoms with Gasteiger partial charge in [-0.25, -0.2) is 4.39 Å². The highest BCUT2D eigenvalue weighted by Gasteiger charge is 2.29. The van der Waals surface area contributed by atoms with Crippen molar-refractivity contribution in [3.63, 3.8) is 0 Å². The largest absolute Gasteiger partial charge is 0.384 e. The molecule has 108 valence electrons. The zero-order chi connectivity index (χ0) is 14.1. The highest BCUT2D eigenvalue weighted by Crippen LogP contribution is 2.27. The lowest BCUT2D eigenvalue weighted by atomic mass is 9.98. The summed E-state index contributed by atoms with van der Waals surface area (Å²) < 4.78 is 13.4. The number of rotatable bonds is 2. The zero-order valence-corrected chi connectivity index (χ0v) is 11.6. The van der Waals surface area contributed by atoms with Crippen LogP contribution in [0.25, 0.3) is 0 Å². The molecule has 3 N–H and O–H groups in total. The van der Waals surface area contributed by atoms with E-state index in [2.05, 4.69) is 9.80 Å². The van der Waals surface area contributed by atoms with E-state index >= 15 is 0 Å². The first-order chi connectivity index (χ1) is 9.65. The molecule has 2 aliphatic heterocycles. The van der Waals surface area contributed by atoms with Gasteiger partial charge in [0.25, 0.3) is 0 Å². The van der Waals surface area contributed by atoms with Gasteiger partial charge in [-0.15, -0.1) is 0 Å². The van der Waals surface area contributed by atoms with Crippen LogP contribution in [0, 0.1) is 11.2 Å². The van der Waals surface area contributed by atoms with E-state index in [1.807, 2.05) is 0 Å². The van der Waals surface area contributed by atoms with E-state index in [-0.39, 0.29) is 11.7 Å². The molecule has 0 bridgehead atoms. The average Bonchev–Trinajstić information content (AvgIpc) is 2.46. The molecular formula is C15H21FN4. The van der Waals surface area contributed by atoms with Gasteiger partial charge in [0.05, 0.1) is 0 Å². The number of amidine groups is 1. The van der Waals surface area contributed by atoms with Crippen LogP contribution in [-0.2, 0) is 0 Å². The third kappa shape index (κ3) is 2.50. The number of nitrogens with one attached hydrogen (secondary N) is 1. The van der Waals surface area contributed by atoms with Crippen LogP contribution in [0.15, 0.2) is 18.2 Å². The Kier molecular flexibility index (Phi) is 3.61. The summed E-state index contributed by atoms with van der Waals surface area (Å²) in [7, 11) is 0. The minimum atomic E-state index is -0.338. The first kappa shape index (κ1) is 13.4. The van der Waals surface area contributed by atoms with Crippen molar-refractivity contribution in [2.75, 3.05) is 31.1 Å². The van der Waals surface area contributed by atoms with Gasteiger partial charge in [0.1, 0.15) is 11.7 Å². The Morgan fingerprint density at radius 3 is 2.90 bits per heavy atom. The minimum Gasteiger partial charge on any atom is -0.384 e. The predicted octanol–water partition coefficient (Wildman–Crippen LogP) is 1.78. The van der Waals surface area contributed by atoms with Crippen molar-refractivity contribution in [3.05, 3.63) is 29.6 Å².